The molecule has 1 amide bonds. The summed E-state index contributed by atoms with van der Waals surface area (Å²) in [4.78, 5) is 23.5. The number of nitrogens with zero attached hydrogens (tertiary/aromatic N) is 2. The quantitative estimate of drug-likeness (QED) is 0.621. The number of amides is 1. The minimum Gasteiger partial charge on any atom is -0.329 e. The number of aromatic nitrogens is 1. The normalized spacial score (nSPS) is 18.8. The summed E-state index contributed by atoms with van der Waals surface area (Å²) in [7, 11) is 0. The van der Waals surface area contributed by atoms with Crippen LogP contribution in [0.3, 0.4) is 0 Å². The highest BCUT2D eigenvalue weighted by Crippen LogP contribution is 2.04. The summed E-state index contributed by atoms with van der Waals surface area (Å²) < 4.78 is 0. The van der Waals surface area contributed by atoms with Crippen molar-refractivity contribution < 1.29 is 19.6 Å². The highest BCUT2D eigenvalue weighted by Gasteiger charge is 2.30. The van der Waals surface area contributed by atoms with Crippen molar-refractivity contribution in [3.63, 3.8) is 0 Å². The van der Waals surface area contributed by atoms with Gasteiger partial charge in [-0.1, -0.05) is 42.5 Å². The lowest BCUT2D eigenvalue weighted by atomic mass is 10.2. The van der Waals surface area contributed by atoms with Crippen LogP contribution in [0.15, 0.2) is 60.8 Å². The Labute approximate surface area is 179 Å². The molecule has 2 fully saturated rings. The number of pyridine rings is 1. The van der Waals surface area contributed by atoms with E-state index in [0.29, 0.717) is 12.5 Å². The summed E-state index contributed by atoms with van der Waals surface area (Å²) in [6.07, 6.45) is 6.42. The lowest BCUT2D eigenvalue weighted by molar-refractivity contribution is -0.899. The number of hydrogen-bond donors (Lipinski definition) is 2. The number of hydrogen-bond acceptors (Lipinski definition) is 2. The topological polar surface area (TPSA) is 46.6 Å². The second kappa shape index (κ2) is 10.4. The number of piperazine rings is 2. The molecule has 0 radical (unpaired) electrons. The van der Waals surface area contributed by atoms with Crippen LogP contribution in [0.2, 0.25) is 0 Å². The minimum atomic E-state index is 0.323. The van der Waals surface area contributed by atoms with Crippen LogP contribution in [0.25, 0.3) is 6.08 Å². The Balaban J connectivity index is 1.16. The van der Waals surface area contributed by atoms with Crippen molar-refractivity contribution in [3.8, 4) is 0 Å². The number of rotatable bonds is 6. The van der Waals surface area contributed by atoms with Gasteiger partial charge in [0.15, 0.2) is 6.54 Å². The van der Waals surface area contributed by atoms with Gasteiger partial charge in [-0.15, -0.1) is 0 Å². The van der Waals surface area contributed by atoms with E-state index < -0.39 is 0 Å². The van der Waals surface area contributed by atoms with Crippen molar-refractivity contribution in [2.24, 2.45) is 0 Å². The van der Waals surface area contributed by atoms with Gasteiger partial charge in [0.2, 0.25) is 0 Å². The van der Waals surface area contributed by atoms with Crippen LogP contribution in [-0.2, 0) is 4.79 Å². The summed E-state index contributed by atoms with van der Waals surface area (Å²) in [6, 6.07) is 16.6. The van der Waals surface area contributed by atoms with Crippen LogP contribution < -0.4 is 19.7 Å². The molecular weight excluding hydrogens is 374 g/mol. The smallest absolute Gasteiger partial charge is 0.278 e. The number of anilines is 1. The Kier molecular flexibility index (Phi) is 7.11. The summed E-state index contributed by atoms with van der Waals surface area (Å²) in [5.41, 5.74) is 1.25. The summed E-state index contributed by atoms with van der Waals surface area (Å²) in [5.74, 6) is 1.49. The zero-order valence-electron chi connectivity index (χ0n) is 17.7. The summed E-state index contributed by atoms with van der Waals surface area (Å²) in [5, 5.41) is 0. The first kappa shape index (κ1) is 20.6. The molecule has 6 nitrogen and oxygen atoms in total. The number of quaternary nitrogens is 2. The molecule has 2 saturated heterocycles. The number of aromatic amines is 1. The van der Waals surface area contributed by atoms with Crippen molar-refractivity contribution in [2.45, 2.75) is 0 Å². The molecular formula is C24H34N5O+3. The fourth-order valence-corrected chi connectivity index (χ4v) is 4.35. The maximum Gasteiger partial charge on any atom is 0.278 e. The first-order chi connectivity index (χ1) is 14.8. The van der Waals surface area contributed by atoms with Gasteiger partial charge in [0.1, 0.15) is 26.2 Å². The number of carbonyl (C=O) groups is 1. The molecule has 0 bridgehead atoms. The molecule has 0 saturated carbocycles. The predicted octanol–water partition coefficient (Wildman–Crippen LogP) is -1.35. The average molecular weight is 409 g/mol. The standard InChI is InChI=1S/C24H31N5O/c30-24(21-27-15-17-28(18-16-27)23-10-4-5-11-25-23)29-19-13-26(14-20-29)12-6-9-22-7-2-1-3-8-22/h1-11H,12-21H2/p+3/b9-6+. The van der Waals surface area contributed by atoms with E-state index in [1.165, 1.54) is 16.3 Å². The molecule has 2 aliphatic rings. The number of nitrogens with one attached hydrogen (secondary N) is 3. The lowest BCUT2D eigenvalue weighted by Gasteiger charge is -2.33. The third-order valence-electron chi connectivity index (χ3n) is 6.24. The predicted molar refractivity (Wildman–Crippen MR) is 118 cm³/mol. The van der Waals surface area contributed by atoms with Crippen LogP contribution in [0.4, 0.5) is 5.82 Å². The van der Waals surface area contributed by atoms with E-state index in [-0.39, 0.29) is 0 Å². The Hall–Kier alpha value is -2.70. The van der Waals surface area contributed by atoms with Gasteiger partial charge in [0.25, 0.3) is 11.7 Å². The monoisotopic (exact) mass is 408 g/mol. The first-order valence-corrected chi connectivity index (χ1v) is 11.2. The van der Waals surface area contributed by atoms with Gasteiger partial charge in [0.05, 0.1) is 38.9 Å². The van der Waals surface area contributed by atoms with E-state index in [1.54, 1.807) is 4.90 Å². The molecule has 0 aliphatic carbocycles. The van der Waals surface area contributed by atoms with Gasteiger partial charge in [-0.3, -0.25) is 9.69 Å². The van der Waals surface area contributed by atoms with E-state index in [4.69, 9.17) is 0 Å². The fraction of sp³-hybridized carbons (Fsp3) is 0.417. The van der Waals surface area contributed by atoms with Crippen LogP contribution in [0.1, 0.15) is 5.56 Å². The highest BCUT2D eigenvalue weighted by molar-refractivity contribution is 5.77. The Morgan fingerprint density at radius 2 is 1.60 bits per heavy atom. The molecule has 4 rings (SSSR count). The first-order valence-electron chi connectivity index (χ1n) is 11.2. The van der Waals surface area contributed by atoms with Crippen molar-refractivity contribution in [2.75, 3.05) is 70.3 Å². The largest absolute Gasteiger partial charge is 0.329 e. The molecule has 6 heteroatoms. The van der Waals surface area contributed by atoms with Crippen LogP contribution in [0.5, 0.6) is 0 Å². The molecule has 158 valence electrons. The lowest BCUT2D eigenvalue weighted by Crippen LogP contribution is -3.16. The van der Waals surface area contributed by atoms with E-state index in [9.17, 15) is 4.79 Å². The Morgan fingerprint density at radius 1 is 0.900 bits per heavy atom. The third-order valence-corrected chi connectivity index (χ3v) is 6.24. The van der Waals surface area contributed by atoms with Crippen molar-refractivity contribution in [1.29, 1.82) is 0 Å². The second-order valence-corrected chi connectivity index (χ2v) is 8.31. The van der Waals surface area contributed by atoms with E-state index in [1.807, 2.05) is 18.3 Å². The third kappa shape index (κ3) is 5.68. The van der Waals surface area contributed by atoms with Crippen LogP contribution in [-0.4, -0.2) is 76.3 Å². The fourth-order valence-electron chi connectivity index (χ4n) is 4.35. The Morgan fingerprint density at radius 3 is 2.30 bits per heavy atom. The van der Waals surface area contributed by atoms with Gasteiger partial charge in [-0.2, -0.15) is 0 Å². The summed E-state index contributed by atoms with van der Waals surface area (Å²) in [6.45, 7) is 9.53. The molecule has 2 aliphatic heterocycles. The molecule has 3 heterocycles. The SMILES string of the molecule is O=C(C[NH+]1CCN(c2cccc[nH+]2)CC1)N1CC[NH+](C/C=C/c2ccccc2)CC1. The van der Waals surface area contributed by atoms with E-state index >= 15 is 0 Å². The van der Waals surface area contributed by atoms with Crippen molar-refractivity contribution >= 4 is 17.8 Å². The minimum absolute atomic E-state index is 0.323. The molecule has 1 aromatic heterocycles. The zero-order chi connectivity index (χ0) is 20.6. The van der Waals surface area contributed by atoms with Crippen molar-refractivity contribution in [3.05, 3.63) is 66.4 Å². The molecule has 30 heavy (non-hydrogen) atoms. The average Bonchev–Trinajstić information content (AvgIpc) is 2.81. The van der Waals surface area contributed by atoms with Gasteiger partial charge in [-0.05, 0) is 17.7 Å². The van der Waals surface area contributed by atoms with Gasteiger partial charge in [-0.25, -0.2) is 4.98 Å². The summed E-state index contributed by atoms with van der Waals surface area (Å²) >= 11 is 0. The number of carbonyl (C=O) groups excluding carboxylic acids is 1. The van der Waals surface area contributed by atoms with Gasteiger partial charge >= 0.3 is 0 Å². The molecule has 1 aromatic carbocycles. The maximum atomic E-state index is 12.8. The molecule has 0 unspecified atom stereocenters. The van der Waals surface area contributed by atoms with E-state index in [2.05, 4.69) is 63.3 Å². The van der Waals surface area contributed by atoms with Crippen LogP contribution >= 0.6 is 0 Å². The molecule has 0 atom stereocenters. The van der Waals surface area contributed by atoms with Gasteiger partial charge < -0.3 is 14.7 Å². The molecule has 2 aromatic rings. The maximum absolute atomic E-state index is 12.8. The second-order valence-electron chi connectivity index (χ2n) is 8.31. The zero-order valence-corrected chi connectivity index (χ0v) is 17.7. The van der Waals surface area contributed by atoms with E-state index in [0.717, 1.165) is 58.9 Å². The van der Waals surface area contributed by atoms with Gasteiger partial charge in [0, 0.05) is 6.07 Å². The molecule has 0 spiro atoms. The molecule has 3 N–H and O–H groups in total. The van der Waals surface area contributed by atoms with Crippen molar-refractivity contribution in [1.82, 2.24) is 4.90 Å². The Bertz CT molecular complexity index is 810. The highest BCUT2D eigenvalue weighted by atomic mass is 16.2. The number of H-pyrrole nitrogens is 1. The van der Waals surface area contributed by atoms with Crippen LogP contribution in [0, 0.1) is 0 Å². The number of benzene rings is 1.